The number of hydrogen-bond donors (Lipinski definition) is 2. The van der Waals surface area contributed by atoms with Crippen LogP contribution in [0.5, 0.6) is 0 Å². The minimum atomic E-state index is 0.126. The van der Waals surface area contributed by atoms with Crippen LogP contribution in [0.25, 0.3) is 0 Å². The molecule has 96 valence electrons. The fraction of sp³-hybridized carbons (Fsp3) is 0.727. The third-order valence-corrected chi connectivity index (χ3v) is 2.47. The molecule has 0 aromatic carbocycles. The maximum Gasteiger partial charge on any atom is 0.219 e. The van der Waals surface area contributed by atoms with Gasteiger partial charge in [-0.05, 0) is 25.8 Å². The molecule has 1 heterocycles. The standard InChI is InChI=1S/C11H21N5O/c12-6-3-1-2-5-11(17)13-7-4-9-16-10-8-14-15-16/h8,10H,1-7,9,12H2,(H,13,17). The molecule has 1 amide bonds. The van der Waals surface area contributed by atoms with Gasteiger partial charge in [-0.1, -0.05) is 11.6 Å². The smallest absolute Gasteiger partial charge is 0.219 e. The molecule has 17 heavy (non-hydrogen) atoms. The zero-order valence-corrected chi connectivity index (χ0v) is 10.1. The molecule has 0 aliphatic rings. The molecule has 3 N–H and O–H groups in total. The van der Waals surface area contributed by atoms with Crippen molar-refractivity contribution < 1.29 is 4.79 Å². The van der Waals surface area contributed by atoms with Crippen LogP contribution in [0.1, 0.15) is 32.1 Å². The van der Waals surface area contributed by atoms with Crippen molar-refractivity contribution in [1.82, 2.24) is 20.3 Å². The Bertz CT molecular complexity index is 299. The van der Waals surface area contributed by atoms with Crippen LogP contribution in [0.4, 0.5) is 0 Å². The molecule has 0 aliphatic carbocycles. The molecule has 0 atom stereocenters. The normalized spacial score (nSPS) is 10.4. The molecule has 6 heteroatoms. The molecule has 0 bridgehead atoms. The van der Waals surface area contributed by atoms with Gasteiger partial charge in [0.15, 0.2) is 0 Å². The van der Waals surface area contributed by atoms with Crippen molar-refractivity contribution in [2.75, 3.05) is 13.1 Å². The van der Waals surface area contributed by atoms with Crippen LogP contribution in [0.3, 0.4) is 0 Å². The van der Waals surface area contributed by atoms with Crippen molar-refractivity contribution >= 4 is 5.91 Å². The third-order valence-electron chi connectivity index (χ3n) is 2.47. The summed E-state index contributed by atoms with van der Waals surface area (Å²) in [5.74, 6) is 0.126. The lowest BCUT2D eigenvalue weighted by Gasteiger charge is -2.04. The molecule has 0 aliphatic heterocycles. The van der Waals surface area contributed by atoms with Gasteiger partial charge in [0, 0.05) is 25.7 Å². The van der Waals surface area contributed by atoms with Gasteiger partial charge in [0.05, 0.1) is 6.20 Å². The Balaban J connectivity index is 1.93. The Kier molecular flexibility index (Phi) is 6.97. The first kappa shape index (κ1) is 13.6. The van der Waals surface area contributed by atoms with Crippen molar-refractivity contribution in [3.8, 4) is 0 Å². The summed E-state index contributed by atoms with van der Waals surface area (Å²) in [5, 5.41) is 10.4. The van der Waals surface area contributed by atoms with Crippen molar-refractivity contribution in [2.24, 2.45) is 5.73 Å². The van der Waals surface area contributed by atoms with Crippen LogP contribution in [-0.2, 0) is 11.3 Å². The summed E-state index contributed by atoms with van der Waals surface area (Å²) in [4.78, 5) is 11.4. The van der Waals surface area contributed by atoms with Crippen molar-refractivity contribution in [3.63, 3.8) is 0 Å². The lowest BCUT2D eigenvalue weighted by Crippen LogP contribution is -2.25. The number of carbonyl (C=O) groups excluding carboxylic acids is 1. The molecule has 1 aromatic heterocycles. The van der Waals surface area contributed by atoms with Gasteiger partial charge in [-0.3, -0.25) is 9.48 Å². The second-order valence-electron chi connectivity index (χ2n) is 3.97. The van der Waals surface area contributed by atoms with Gasteiger partial charge in [-0.2, -0.15) is 0 Å². The van der Waals surface area contributed by atoms with E-state index < -0.39 is 0 Å². The molecule has 0 unspecified atom stereocenters. The molecule has 0 spiro atoms. The highest BCUT2D eigenvalue weighted by Gasteiger charge is 2.00. The molecule has 6 nitrogen and oxygen atoms in total. The largest absolute Gasteiger partial charge is 0.356 e. The van der Waals surface area contributed by atoms with Crippen molar-refractivity contribution in [2.45, 2.75) is 38.6 Å². The van der Waals surface area contributed by atoms with Gasteiger partial charge in [0.25, 0.3) is 0 Å². The zero-order valence-electron chi connectivity index (χ0n) is 10.1. The fourth-order valence-electron chi connectivity index (χ4n) is 1.52. The van der Waals surface area contributed by atoms with Crippen LogP contribution in [0.2, 0.25) is 0 Å². The van der Waals surface area contributed by atoms with E-state index in [-0.39, 0.29) is 5.91 Å². The zero-order chi connectivity index (χ0) is 12.3. The SMILES string of the molecule is NCCCCCC(=O)NCCCn1ccnn1. The number of hydrogen-bond acceptors (Lipinski definition) is 4. The number of nitrogens with zero attached hydrogens (tertiary/aromatic N) is 3. The highest BCUT2D eigenvalue weighted by atomic mass is 16.1. The number of aromatic nitrogens is 3. The summed E-state index contributed by atoms with van der Waals surface area (Å²) in [7, 11) is 0. The molecule has 1 rings (SSSR count). The van der Waals surface area contributed by atoms with E-state index >= 15 is 0 Å². The molecular formula is C11H21N5O. The van der Waals surface area contributed by atoms with Crippen LogP contribution in [0, 0.1) is 0 Å². The van der Waals surface area contributed by atoms with Gasteiger partial charge in [0.1, 0.15) is 0 Å². The van der Waals surface area contributed by atoms with E-state index in [2.05, 4.69) is 15.6 Å². The Labute approximate surface area is 102 Å². The fourth-order valence-corrected chi connectivity index (χ4v) is 1.52. The molecular weight excluding hydrogens is 218 g/mol. The number of aryl methyl sites for hydroxylation is 1. The van der Waals surface area contributed by atoms with E-state index in [1.165, 1.54) is 0 Å². The van der Waals surface area contributed by atoms with Gasteiger partial charge >= 0.3 is 0 Å². The number of unbranched alkanes of at least 4 members (excludes halogenated alkanes) is 2. The number of amides is 1. The van der Waals surface area contributed by atoms with E-state index in [9.17, 15) is 4.79 Å². The highest BCUT2D eigenvalue weighted by Crippen LogP contribution is 1.98. The summed E-state index contributed by atoms with van der Waals surface area (Å²) in [6.45, 7) is 2.18. The average Bonchev–Trinajstić information content (AvgIpc) is 2.83. The predicted octanol–water partition coefficient (Wildman–Crippen LogP) is 0.304. The minimum absolute atomic E-state index is 0.126. The first-order valence-electron chi connectivity index (χ1n) is 6.14. The van der Waals surface area contributed by atoms with Gasteiger partial charge in [-0.25, -0.2) is 0 Å². The predicted molar refractivity (Wildman–Crippen MR) is 65.2 cm³/mol. The van der Waals surface area contributed by atoms with Crippen LogP contribution in [0.15, 0.2) is 12.4 Å². The number of carbonyl (C=O) groups is 1. The Morgan fingerprint density at radius 3 is 2.88 bits per heavy atom. The van der Waals surface area contributed by atoms with Gasteiger partial charge < -0.3 is 11.1 Å². The van der Waals surface area contributed by atoms with Crippen LogP contribution >= 0.6 is 0 Å². The lowest BCUT2D eigenvalue weighted by atomic mass is 10.2. The highest BCUT2D eigenvalue weighted by molar-refractivity contribution is 5.75. The summed E-state index contributed by atoms with van der Waals surface area (Å²) >= 11 is 0. The summed E-state index contributed by atoms with van der Waals surface area (Å²) in [5.41, 5.74) is 5.38. The Hall–Kier alpha value is -1.43. The first-order chi connectivity index (χ1) is 8.33. The molecule has 1 aromatic rings. The lowest BCUT2D eigenvalue weighted by molar-refractivity contribution is -0.121. The molecule has 0 radical (unpaired) electrons. The number of rotatable bonds is 9. The summed E-state index contributed by atoms with van der Waals surface area (Å²) in [6.07, 6.45) is 7.89. The maximum absolute atomic E-state index is 11.4. The minimum Gasteiger partial charge on any atom is -0.356 e. The third kappa shape index (κ3) is 6.68. The Morgan fingerprint density at radius 2 is 2.18 bits per heavy atom. The van der Waals surface area contributed by atoms with Gasteiger partial charge in [-0.15, -0.1) is 5.10 Å². The topological polar surface area (TPSA) is 85.8 Å². The van der Waals surface area contributed by atoms with E-state index in [4.69, 9.17) is 5.73 Å². The maximum atomic E-state index is 11.4. The monoisotopic (exact) mass is 239 g/mol. The molecule has 0 saturated heterocycles. The average molecular weight is 239 g/mol. The quantitative estimate of drug-likeness (QED) is 0.607. The molecule has 0 saturated carbocycles. The number of nitrogens with two attached hydrogens (primary N) is 1. The van der Waals surface area contributed by atoms with Crippen molar-refractivity contribution in [3.05, 3.63) is 12.4 Å². The van der Waals surface area contributed by atoms with E-state index in [1.54, 1.807) is 10.9 Å². The number of nitrogens with one attached hydrogen (secondary N) is 1. The van der Waals surface area contributed by atoms with Gasteiger partial charge in [0.2, 0.25) is 5.91 Å². The van der Waals surface area contributed by atoms with E-state index in [0.29, 0.717) is 19.5 Å². The van der Waals surface area contributed by atoms with Crippen LogP contribution < -0.4 is 11.1 Å². The molecule has 0 fully saturated rings. The first-order valence-corrected chi connectivity index (χ1v) is 6.14. The van der Waals surface area contributed by atoms with E-state index in [1.807, 2.05) is 6.20 Å². The van der Waals surface area contributed by atoms with Crippen LogP contribution in [-0.4, -0.2) is 34.0 Å². The summed E-state index contributed by atoms with van der Waals surface area (Å²) in [6, 6.07) is 0. The van der Waals surface area contributed by atoms with E-state index in [0.717, 1.165) is 32.2 Å². The Morgan fingerprint density at radius 1 is 1.29 bits per heavy atom. The second-order valence-corrected chi connectivity index (χ2v) is 3.97. The summed E-state index contributed by atoms with van der Waals surface area (Å²) < 4.78 is 1.76. The van der Waals surface area contributed by atoms with Crippen molar-refractivity contribution in [1.29, 1.82) is 0 Å². The second kappa shape index (κ2) is 8.69.